The van der Waals surface area contributed by atoms with Crippen LogP contribution in [0.25, 0.3) is 10.8 Å². The van der Waals surface area contributed by atoms with Gasteiger partial charge in [-0.1, -0.05) is 18.2 Å². The van der Waals surface area contributed by atoms with Crippen LogP contribution in [0.4, 0.5) is 0 Å². The fraction of sp³-hybridized carbons (Fsp3) is 0.389. The first-order valence-corrected chi connectivity index (χ1v) is 7.69. The molecule has 5 nitrogen and oxygen atoms in total. The zero-order chi connectivity index (χ0) is 16.7. The average Bonchev–Trinajstić information content (AvgIpc) is 2.58. The highest BCUT2D eigenvalue weighted by atomic mass is 16.5. The first kappa shape index (κ1) is 17.1. The van der Waals surface area contributed by atoms with Crippen molar-refractivity contribution in [2.45, 2.75) is 19.5 Å². The van der Waals surface area contributed by atoms with E-state index in [4.69, 9.17) is 9.47 Å². The van der Waals surface area contributed by atoms with Crippen molar-refractivity contribution in [1.29, 1.82) is 0 Å². The first-order chi connectivity index (χ1) is 11.2. The highest BCUT2D eigenvalue weighted by Gasteiger charge is 2.05. The highest BCUT2D eigenvalue weighted by molar-refractivity contribution is 5.85. The third-order valence-corrected chi connectivity index (χ3v) is 3.60. The molecule has 0 aliphatic carbocycles. The Bertz CT molecular complexity index is 670. The summed E-state index contributed by atoms with van der Waals surface area (Å²) in [5, 5.41) is 8.97. The summed E-state index contributed by atoms with van der Waals surface area (Å²) in [5.41, 5.74) is 1.20. The molecule has 0 heterocycles. The van der Waals surface area contributed by atoms with Crippen molar-refractivity contribution in [3.63, 3.8) is 0 Å². The van der Waals surface area contributed by atoms with E-state index in [2.05, 4.69) is 46.8 Å². The lowest BCUT2D eigenvalue weighted by atomic mass is 10.1. The molecule has 2 aromatic carbocycles. The fourth-order valence-electron chi connectivity index (χ4n) is 2.42. The van der Waals surface area contributed by atoms with Crippen LogP contribution >= 0.6 is 0 Å². The number of nitrogens with zero attached hydrogens (tertiary/aromatic N) is 1. The van der Waals surface area contributed by atoms with Crippen molar-refractivity contribution in [3.8, 4) is 5.75 Å². The van der Waals surface area contributed by atoms with Gasteiger partial charge in [-0.15, -0.1) is 0 Å². The second kappa shape index (κ2) is 8.39. The second-order valence-corrected chi connectivity index (χ2v) is 5.47. The minimum absolute atomic E-state index is 0.204. The molecule has 0 bridgehead atoms. The van der Waals surface area contributed by atoms with Crippen LogP contribution in [0, 0.1) is 0 Å². The van der Waals surface area contributed by atoms with E-state index in [0.717, 1.165) is 11.7 Å². The van der Waals surface area contributed by atoms with E-state index >= 15 is 0 Å². The van der Waals surface area contributed by atoms with Crippen LogP contribution in [0.3, 0.4) is 0 Å². The van der Waals surface area contributed by atoms with E-state index in [0.29, 0.717) is 13.2 Å². The van der Waals surface area contributed by atoms with Gasteiger partial charge in [0.2, 0.25) is 0 Å². The quantitative estimate of drug-likeness (QED) is 0.635. The predicted octanol–water partition coefficient (Wildman–Crippen LogP) is 2.55. The molecular formula is C18H25N3O2. The SMILES string of the molecule is CN=C(NCc1ccc2cc(OC)ccc2c1)NC(C)COC. The Morgan fingerprint density at radius 1 is 1.13 bits per heavy atom. The Morgan fingerprint density at radius 2 is 1.87 bits per heavy atom. The molecule has 2 aromatic rings. The fourth-order valence-corrected chi connectivity index (χ4v) is 2.42. The van der Waals surface area contributed by atoms with Crippen molar-refractivity contribution in [2.24, 2.45) is 4.99 Å². The molecule has 0 fully saturated rings. The van der Waals surface area contributed by atoms with E-state index < -0.39 is 0 Å². The van der Waals surface area contributed by atoms with Gasteiger partial charge in [-0.25, -0.2) is 0 Å². The number of guanidine groups is 1. The highest BCUT2D eigenvalue weighted by Crippen LogP contribution is 2.21. The van der Waals surface area contributed by atoms with Crippen LogP contribution in [0.5, 0.6) is 5.75 Å². The molecule has 0 aliphatic rings. The summed E-state index contributed by atoms with van der Waals surface area (Å²) < 4.78 is 10.4. The van der Waals surface area contributed by atoms with Crippen LogP contribution < -0.4 is 15.4 Å². The molecule has 2 N–H and O–H groups in total. The van der Waals surface area contributed by atoms with E-state index in [9.17, 15) is 0 Å². The minimum atomic E-state index is 0.204. The van der Waals surface area contributed by atoms with Gasteiger partial charge in [0.25, 0.3) is 0 Å². The monoisotopic (exact) mass is 315 g/mol. The van der Waals surface area contributed by atoms with Crippen LogP contribution in [0.1, 0.15) is 12.5 Å². The number of ether oxygens (including phenoxy) is 2. The Hall–Kier alpha value is -2.27. The molecule has 23 heavy (non-hydrogen) atoms. The van der Waals surface area contributed by atoms with Gasteiger partial charge < -0.3 is 20.1 Å². The van der Waals surface area contributed by atoms with Crippen LogP contribution in [0.2, 0.25) is 0 Å². The Balaban J connectivity index is 2.01. The van der Waals surface area contributed by atoms with Gasteiger partial charge in [0.1, 0.15) is 5.75 Å². The average molecular weight is 315 g/mol. The smallest absolute Gasteiger partial charge is 0.191 e. The number of hydrogen-bond acceptors (Lipinski definition) is 3. The lowest BCUT2D eigenvalue weighted by Gasteiger charge is -2.17. The molecule has 0 saturated carbocycles. The summed E-state index contributed by atoms with van der Waals surface area (Å²) >= 11 is 0. The Morgan fingerprint density at radius 3 is 2.57 bits per heavy atom. The number of hydrogen-bond donors (Lipinski definition) is 2. The van der Waals surface area contributed by atoms with Gasteiger partial charge in [-0.05, 0) is 41.5 Å². The maximum Gasteiger partial charge on any atom is 0.191 e. The third-order valence-electron chi connectivity index (χ3n) is 3.60. The van der Waals surface area contributed by atoms with Gasteiger partial charge in [0.15, 0.2) is 5.96 Å². The van der Waals surface area contributed by atoms with Crippen LogP contribution in [0.15, 0.2) is 41.4 Å². The number of aliphatic imine (C=N–C) groups is 1. The van der Waals surface area contributed by atoms with E-state index in [1.165, 1.54) is 16.3 Å². The molecule has 2 rings (SSSR count). The number of nitrogens with one attached hydrogen (secondary N) is 2. The topological polar surface area (TPSA) is 54.9 Å². The molecule has 1 unspecified atom stereocenters. The normalized spacial score (nSPS) is 13.0. The van der Waals surface area contributed by atoms with Crippen molar-refractivity contribution < 1.29 is 9.47 Å². The summed E-state index contributed by atoms with van der Waals surface area (Å²) in [6.07, 6.45) is 0. The predicted molar refractivity (Wildman–Crippen MR) is 95.2 cm³/mol. The Labute approximate surface area is 137 Å². The zero-order valence-corrected chi connectivity index (χ0v) is 14.2. The van der Waals surface area contributed by atoms with Crippen LogP contribution in [-0.4, -0.2) is 39.9 Å². The number of fused-ring (bicyclic) bond motifs is 1. The van der Waals surface area contributed by atoms with Crippen molar-refractivity contribution in [3.05, 3.63) is 42.0 Å². The molecule has 0 saturated heterocycles. The number of benzene rings is 2. The second-order valence-electron chi connectivity index (χ2n) is 5.47. The third kappa shape index (κ3) is 4.86. The Kier molecular flexibility index (Phi) is 6.23. The number of methoxy groups -OCH3 is 2. The van der Waals surface area contributed by atoms with Gasteiger partial charge in [-0.2, -0.15) is 0 Å². The summed E-state index contributed by atoms with van der Waals surface area (Å²) in [5.74, 6) is 1.64. The molecular weight excluding hydrogens is 290 g/mol. The molecule has 1 atom stereocenters. The minimum Gasteiger partial charge on any atom is -0.497 e. The molecule has 0 aromatic heterocycles. The largest absolute Gasteiger partial charge is 0.497 e. The summed E-state index contributed by atoms with van der Waals surface area (Å²) in [7, 11) is 5.14. The van der Waals surface area contributed by atoms with Crippen molar-refractivity contribution in [2.75, 3.05) is 27.9 Å². The summed E-state index contributed by atoms with van der Waals surface area (Å²) in [4.78, 5) is 4.23. The van der Waals surface area contributed by atoms with Gasteiger partial charge in [0, 0.05) is 26.7 Å². The lowest BCUT2D eigenvalue weighted by Crippen LogP contribution is -2.43. The standard InChI is InChI=1S/C18H25N3O2/c1-13(12-22-3)21-18(19-2)20-11-14-5-6-16-10-17(23-4)8-7-15(16)9-14/h5-10,13H,11-12H2,1-4H3,(H2,19,20,21). The van der Waals surface area contributed by atoms with E-state index in [-0.39, 0.29) is 6.04 Å². The molecule has 0 aliphatic heterocycles. The number of rotatable bonds is 6. The summed E-state index contributed by atoms with van der Waals surface area (Å²) in [6.45, 7) is 3.40. The van der Waals surface area contributed by atoms with Crippen molar-refractivity contribution in [1.82, 2.24) is 10.6 Å². The van der Waals surface area contributed by atoms with Gasteiger partial charge in [0.05, 0.1) is 13.7 Å². The lowest BCUT2D eigenvalue weighted by molar-refractivity contribution is 0.179. The van der Waals surface area contributed by atoms with Gasteiger partial charge in [-0.3, -0.25) is 4.99 Å². The molecule has 5 heteroatoms. The zero-order valence-electron chi connectivity index (χ0n) is 14.2. The molecule has 0 spiro atoms. The van der Waals surface area contributed by atoms with E-state index in [1.54, 1.807) is 21.3 Å². The molecule has 0 amide bonds. The molecule has 0 radical (unpaired) electrons. The van der Waals surface area contributed by atoms with Gasteiger partial charge >= 0.3 is 0 Å². The van der Waals surface area contributed by atoms with Crippen molar-refractivity contribution >= 4 is 16.7 Å². The van der Waals surface area contributed by atoms with Crippen LogP contribution in [-0.2, 0) is 11.3 Å². The summed E-state index contributed by atoms with van der Waals surface area (Å²) in [6, 6.07) is 12.7. The first-order valence-electron chi connectivity index (χ1n) is 7.69. The maximum absolute atomic E-state index is 5.26. The maximum atomic E-state index is 5.26. The van der Waals surface area contributed by atoms with E-state index in [1.807, 2.05) is 12.1 Å². The molecule has 124 valence electrons.